The predicted molar refractivity (Wildman–Crippen MR) is 170 cm³/mol. The Balaban J connectivity index is 1.48. The lowest BCUT2D eigenvalue weighted by Crippen LogP contribution is -2.56. The molecule has 5 amide bonds. The van der Waals surface area contributed by atoms with Gasteiger partial charge in [0.25, 0.3) is 5.91 Å². The number of nitrogens with one attached hydrogen (secondary N) is 1. The van der Waals surface area contributed by atoms with Gasteiger partial charge in [0, 0.05) is 70.0 Å². The van der Waals surface area contributed by atoms with Gasteiger partial charge in [0.15, 0.2) is 0 Å². The summed E-state index contributed by atoms with van der Waals surface area (Å²) in [6.07, 6.45) is 1.93. The Labute approximate surface area is 268 Å². The molecule has 0 aliphatic carbocycles. The number of pyridine rings is 1. The summed E-state index contributed by atoms with van der Waals surface area (Å²) in [5, 5.41) is 12.1. The molecule has 0 radical (unpaired) electrons. The highest BCUT2D eigenvalue weighted by atomic mass is 16.6. The first-order valence-electron chi connectivity index (χ1n) is 15.8. The van der Waals surface area contributed by atoms with Crippen molar-refractivity contribution in [2.24, 2.45) is 5.73 Å². The maximum atomic E-state index is 13.7. The van der Waals surface area contributed by atoms with Crippen molar-refractivity contribution >= 4 is 35.6 Å². The van der Waals surface area contributed by atoms with Crippen LogP contribution in [0, 0.1) is 0 Å². The number of carboxylic acids is 1. The van der Waals surface area contributed by atoms with Crippen molar-refractivity contribution in [2.75, 3.05) is 63.9 Å². The Kier molecular flexibility index (Phi) is 12.1. The minimum absolute atomic E-state index is 0.0671. The number of unbranched alkanes of at least 4 members (excludes halogenated alkanes) is 2. The number of hydrogen-bond acceptors (Lipinski definition) is 8. The third-order valence-electron chi connectivity index (χ3n) is 8.14. The second-order valence-corrected chi connectivity index (χ2v) is 11.4. The van der Waals surface area contributed by atoms with E-state index in [1.807, 2.05) is 41.3 Å². The summed E-state index contributed by atoms with van der Waals surface area (Å²) in [6.45, 7) is 5.26. The standard InChI is InChI=1S/C32H43N7O7/c1-2-3-7-20-46-32(45)39-18-14-37(15-19-39)30(43)25(10-11-28(40)41)35-29(42)27-22-24(36-12-16-38(17-13-36)31(33)44)21-26(34-27)23-8-5-4-6-9-23/h4-6,8-9,21-22,25H,2-3,7,10-20H2,1H3,(H2,33,44)(H,35,42)(H,40,41)/t25-/m0/s1. The van der Waals surface area contributed by atoms with Crippen LogP contribution in [0.2, 0.25) is 0 Å². The molecule has 3 heterocycles. The van der Waals surface area contributed by atoms with Crippen LogP contribution in [0.15, 0.2) is 42.5 Å². The highest BCUT2D eigenvalue weighted by Crippen LogP contribution is 2.25. The normalized spacial score (nSPS) is 15.7. The number of rotatable bonds is 12. The topological polar surface area (TPSA) is 179 Å². The van der Waals surface area contributed by atoms with Gasteiger partial charge in [-0.15, -0.1) is 0 Å². The summed E-state index contributed by atoms with van der Waals surface area (Å²) in [4.78, 5) is 74.0. The number of nitrogens with two attached hydrogens (primary N) is 1. The minimum Gasteiger partial charge on any atom is -0.481 e. The monoisotopic (exact) mass is 637 g/mol. The first-order chi connectivity index (χ1) is 22.2. The van der Waals surface area contributed by atoms with Gasteiger partial charge >= 0.3 is 18.1 Å². The first-order valence-corrected chi connectivity index (χ1v) is 15.8. The van der Waals surface area contributed by atoms with Crippen molar-refractivity contribution in [3.05, 3.63) is 48.2 Å². The fraction of sp³-hybridized carbons (Fsp3) is 0.500. The maximum Gasteiger partial charge on any atom is 0.409 e. The van der Waals surface area contributed by atoms with Gasteiger partial charge in [-0.1, -0.05) is 50.1 Å². The number of hydrogen-bond donors (Lipinski definition) is 3. The number of benzene rings is 1. The van der Waals surface area contributed by atoms with Crippen molar-refractivity contribution in [1.29, 1.82) is 0 Å². The van der Waals surface area contributed by atoms with E-state index in [-0.39, 0.29) is 44.7 Å². The van der Waals surface area contributed by atoms with Crippen molar-refractivity contribution in [3.8, 4) is 11.3 Å². The number of carbonyl (C=O) groups is 5. The molecule has 0 unspecified atom stereocenters. The molecule has 0 saturated carbocycles. The largest absolute Gasteiger partial charge is 0.481 e. The zero-order valence-electron chi connectivity index (χ0n) is 26.2. The van der Waals surface area contributed by atoms with E-state index in [9.17, 15) is 29.1 Å². The molecule has 4 rings (SSSR count). The molecule has 1 aromatic heterocycles. The Hall–Kier alpha value is -4.88. The summed E-state index contributed by atoms with van der Waals surface area (Å²) in [6, 6.07) is 11.2. The van der Waals surface area contributed by atoms with Crippen molar-refractivity contribution < 1.29 is 33.8 Å². The summed E-state index contributed by atoms with van der Waals surface area (Å²) in [5.74, 6) is -2.13. The molecular weight excluding hydrogens is 594 g/mol. The number of ether oxygens (including phenoxy) is 1. The van der Waals surface area contributed by atoms with E-state index in [4.69, 9.17) is 10.5 Å². The zero-order valence-corrected chi connectivity index (χ0v) is 26.2. The quantitative estimate of drug-likeness (QED) is 0.295. The van der Waals surface area contributed by atoms with E-state index in [2.05, 4.69) is 17.2 Å². The van der Waals surface area contributed by atoms with Crippen LogP contribution in [0.4, 0.5) is 15.3 Å². The molecule has 2 fully saturated rings. The Morgan fingerprint density at radius 2 is 1.57 bits per heavy atom. The van der Waals surface area contributed by atoms with E-state index in [1.54, 1.807) is 15.9 Å². The van der Waals surface area contributed by atoms with E-state index in [1.165, 1.54) is 4.90 Å². The lowest BCUT2D eigenvalue weighted by Gasteiger charge is -2.36. The molecule has 1 atom stereocenters. The zero-order chi connectivity index (χ0) is 33.1. The van der Waals surface area contributed by atoms with Gasteiger partial charge in [0.05, 0.1) is 12.3 Å². The van der Waals surface area contributed by atoms with E-state index in [0.29, 0.717) is 44.2 Å². The van der Waals surface area contributed by atoms with Crippen molar-refractivity contribution in [1.82, 2.24) is 25.0 Å². The van der Waals surface area contributed by atoms with Gasteiger partial charge in [-0.25, -0.2) is 14.6 Å². The van der Waals surface area contributed by atoms with E-state index >= 15 is 0 Å². The molecule has 1 aromatic carbocycles. The summed E-state index contributed by atoms with van der Waals surface area (Å²) in [7, 11) is 0. The Morgan fingerprint density at radius 3 is 2.20 bits per heavy atom. The fourth-order valence-corrected chi connectivity index (χ4v) is 5.45. The van der Waals surface area contributed by atoms with Crippen LogP contribution in [0.5, 0.6) is 0 Å². The van der Waals surface area contributed by atoms with Gasteiger partial charge in [0.2, 0.25) is 5.91 Å². The van der Waals surface area contributed by atoms with Crippen LogP contribution < -0.4 is 16.0 Å². The number of piperazine rings is 2. The average Bonchev–Trinajstić information content (AvgIpc) is 3.08. The second-order valence-electron chi connectivity index (χ2n) is 11.4. The highest BCUT2D eigenvalue weighted by molar-refractivity contribution is 5.97. The van der Waals surface area contributed by atoms with Crippen LogP contribution in [0.3, 0.4) is 0 Å². The van der Waals surface area contributed by atoms with Gasteiger partial charge in [-0.05, 0) is 25.0 Å². The molecule has 2 aliphatic heterocycles. The third kappa shape index (κ3) is 9.31. The molecule has 2 aliphatic rings. The van der Waals surface area contributed by atoms with Gasteiger partial charge in [-0.3, -0.25) is 14.4 Å². The number of aliphatic carboxylic acids is 1. The second kappa shape index (κ2) is 16.4. The molecule has 14 nitrogen and oxygen atoms in total. The average molecular weight is 638 g/mol. The number of anilines is 1. The van der Waals surface area contributed by atoms with Crippen LogP contribution in [-0.2, 0) is 14.3 Å². The van der Waals surface area contributed by atoms with E-state index < -0.39 is 35.9 Å². The lowest BCUT2D eigenvalue weighted by atomic mass is 10.1. The maximum absolute atomic E-state index is 13.7. The highest BCUT2D eigenvalue weighted by Gasteiger charge is 2.31. The summed E-state index contributed by atoms with van der Waals surface area (Å²) in [5.41, 5.74) is 7.56. The molecule has 2 aromatic rings. The van der Waals surface area contributed by atoms with Gasteiger partial charge in [0.1, 0.15) is 11.7 Å². The van der Waals surface area contributed by atoms with Crippen LogP contribution in [0.25, 0.3) is 11.3 Å². The molecule has 0 spiro atoms. The smallest absolute Gasteiger partial charge is 0.409 e. The van der Waals surface area contributed by atoms with Gasteiger partial charge in [-0.2, -0.15) is 0 Å². The fourth-order valence-electron chi connectivity index (χ4n) is 5.45. The molecular formula is C32H43N7O7. The number of urea groups is 1. The molecule has 46 heavy (non-hydrogen) atoms. The molecule has 4 N–H and O–H groups in total. The predicted octanol–water partition coefficient (Wildman–Crippen LogP) is 2.38. The van der Waals surface area contributed by atoms with Crippen molar-refractivity contribution in [3.63, 3.8) is 0 Å². The van der Waals surface area contributed by atoms with E-state index in [0.717, 1.165) is 24.8 Å². The number of primary amides is 1. The first kappa shape index (κ1) is 34.0. The van der Waals surface area contributed by atoms with Gasteiger partial charge < -0.3 is 40.5 Å². The number of amides is 5. The van der Waals surface area contributed by atoms with Crippen LogP contribution >= 0.6 is 0 Å². The SMILES string of the molecule is CCCCCOC(=O)N1CCN(C(=O)[C@H](CCC(=O)O)NC(=O)c2cc(N3CCN(C(N)=O)CC3)cc(-c3ccccc3)n2)CC1. The number of carboxylic acid groups (broad SMARTS) is 1. The number of nitrogens with zero attached hydrogens (tertiary/aromatic N) is 5. The third-order valence-corrected chi connectivity index (χ3v) is 8.14. The minimum atomic E-state index is -1.11. The van der Waals surface area contributed by atoms with Crippen molar-refractivity contribution in [2.45, 2.75) is 45.1 Å². The molecule has 14 heteroatoms. The lowest BCUT2D eigenvalue weighted by molar-refractivity contribution is -0.138. The molecule has 0 bridgehead atoms. The van der Waals surface area contributed by atoms with Crippen LogP contribution in [-0.4, -0.2) is 120 Å². The summed E-state index contributed by atoms with van der Waals surface area (Å²) < 4.78 is 5.33. The molecule has 2 saturated heterocycles. The Bertz CT molecular complexity index is 1370. The molecule has 248 valence electrons. The number of aromatic nitrogens is 1. The van der Waals surface area contributed by atoms with Crippen LogP contribution in [0.1, 0.15) is 49.5 Å². The summed E-state index contributed by atoms with van der Waals surface area (Å²) >= 11 is 0. The number of carbonyl (C=O) groups excluding carboxylic acids is 4. The Morgan fingerprint density at radius 1 is 0.913 bits per heavy atom.